The summed E-state index contributed by atoms with van der Waals surface area (Å²) in [5.74, 6) is 0. The van der Waals surface area contributed by atoms with Gasteiger partial charge in [-0.05, 0) is 42.3 Å². The number of anilines is 2. The lowest BCUT2D eigenvalue weighted by Gasteiger charge is -2.10. The third kappa shape index (κ3) is 3.23. The van der Waals surface area contributed by atoms with Gasteiger partial charge in [0.15, 0.2) is 0 Å². The lowest BCUT2D eigenvalue weighted by atomic mass is 10.1. The molecule has 0 aromatic heterocycles. The van der Waals surface area contributed by atoms with Crippen LogP contribution in [-0.2, 0) is 16.4 Å². The number of halogens is 1. The normalized spacial score (nSPS) is 11.3. The van der Waals surface area contributed by atoms with Crippen LogP contribution >= 0.6 is 11.6 Å². The van der Waals surface area contributed by atoms with Crippen molar-refractivity contribution in [2.24, 2.45) is 0 Å². The summed E-state index contributed by atoms with van der Waals surface area (Å²) in [6.45, 7) is 2.00. The summed E-state index contributed by atoms with van der Waals surface area (Å²) in [6, 6.07) is 11.5. The summed E-state index contributed by atoms with van der Waals surface area (Å²) in [7, 11) is -3.72. The van der Waals surface area contributed by atoms with Gasteiger partial charge in [-0.3, -0.25) is 4.72 Å². The van der Waals surface area contributed by atoms with Gasteiger partial charge in [0.1, 0.15) is 4.90 Å². The highest BCUT2D eigenvalue weighted by Crippen LogP contribution is 2.26. The van der Waals surface area contributed by atoms with Gasteiger partial charge in [0, 0.05) is 11.4 Å². The summed E-state index contributed by atoms with van der Waals surface area (Å²) >= 11 is 5.94. The first-order valence-electron chi connectivity index (χ1n) is 6.09. The Labute approximate surface area is 123 Å². The maximum atomic E-state index is 12.3. The number of nitrogens with two attached hydrogens (primary N) is 1. The van der Waals surface area contributed by atoms with Crippen molar-refractivity contribution in [3.8, 4) is 0 Å². The van der Waals surface area contributed by atoms with Gasteiger partial charge < -0.3 is 5.73 Å². The standard InChI is InChI=1S/C14H15ClN2O2S/c1-2-10-4-3-5-12(8-10)17-20(18,19)14-7-6-11(16)9-13(14)15/h3-9,17H,2,16H2,1H3. The molecule has 0 unspecified atom stereocenters. The van der Waals surface area contributed by atoms with Crippen LogP contribution in [0.15, 0.2) is 47.4 Å². The van der Waals surface area contributed by atoms with Crippen molar-refractivity contribution in [3.05, 3.63) is 53.1 Å². The molecule has 106 valence electrons. The highest BCUT2D eigenvalue weighted by Gasteiger charge is 2.18. The molecule has 0 atom stereocenters. The monoisotopic (exact) mass is 310 g/mol. The van der Waals surface area contributed by atoms with Crippen LogP contribution in [0, 0.1) is 0 Å². The molecule has 2 rings (SSSR count). The summed E-state index contributed by atoms with van der Waals surface area (Å²) < 4.78 is 27.1. The predicted octanol–water partition coefficient (Wildman–Crippen LogP) is 3.29. The second-order valence-electron chi connectivity index (χ2n) is 4.35. The fourth-order valence-electron chi connectivity index (χ4n) is 1.80. The summed E-state index contributed by atoms with van der Waals surface area (Å²) in [5.41, 5.74) is 7.54. The Bertz CT molecular complexity index is 730. The lowest BCUT2D eigenvalue weighted by molar-refractivity contribution is 0.601. The van der Waals surface area contributed by atoms with Crippen molar-refractivity contribution in [2.45, 2.75) is 18.2 Å². The number of benzene rings is 2. The van der Waals surface area contributed by atoms with Crippen LogP contribution in [0.1, 0.15) is 12.5 Å². The molecule has 0 aliphatic carbocycles. The van der Waals surface area contributed by atoms with Gasteiger partial charge in [-0.25, -0.2) is 8.42 Å². The molecule has 0 spiro atoms. The third-order valence-corrected chi connectivity index (χ3v) is 4.70. The van der Waals surface area contributed by atoms with Gasteiger partial charge in [-0.15, -0.1) is 0 Å². The minimum Gasteiger partial charge on any atom is -0.399 e. The molecule has 6 heteroatoms. The SMILES string of the molecule is CCc1cccc(NS(=O)(=O)c2ccc(N)cc2Cl)c1. The van der Waals surface area contributed by atoms with Gasteiger partial charge in [0.05, 0.1) is 5.02 Å². The molecule has 2 aromatic rings. The van der Waals surface area contributed by atoms with Crippen molar-refractivity contribution in [1.29, 1.82) is 0 Å². The summed E-state index contributed by atoms with van der Waals surface area (Å²) in [6.07, 6.45) is 0.832. The number of nitrogens with one attached hydrogen (secondary N) is 1. The fourth-order valence-corrected chi connectivity index (χ4v) is 3.40. The van der Waals surface area contributed by atoms with Crippen molar-refractivity contribution in [1.82, 2.24) is 0 Å². The molecule has 3 N–H and O–H groups in total. The van der Waals surface area contributed by atoms with Crippen molar-refractivity contribution < 1.29 is 8.42 Å². The first kappa shape index (κ1) is 14.7. The molecule has 4 nitrogen and oxygen atoms in total. The largest absolute Gasteiger partial charge is 0.399 e. The van der Waals surface area contributed by atoms with Gasteiger partial charge in [0.2, 0.25) is 0 Å². The first-order chi connectivity index (χ1) is 9.42. The lowest BCUT2D eigenvalue weighted by Crippen LogP contribution is -2.13. The molecule has 0 amide bonds. The first-order valence-corrected chi connectivity index (χ1v) is 7.95. The maximum Gasteiger partial charge on any atom is 0.263 e. The quantitative estimate of drug-likeness (QED) is 0.851. The zero-order valence-corrected chi connectivity index (χ0v) is 12.5. The minimum absolute atomic E-state index is 0.00951. The molecule has 0 heterocycles. The molecular weight excluding hydrogens is 296 g/mol. The smallest absolute Gasteiger partial charge is 0.263 e. The molecule has 0 bridgehead atoms. The van der Waals surface area contributed by atoms with E-state index < -0.39 is 10.0 Å². The van der Waals surface area contributed by atoms with E-state index in [2.05, 4.69) is 4.72 Å². The van der Waals surface area contributed by atoms with Crippen LogP contribution in [0.5, 0.6) is 0 Å². The Hall–Kier alpha value is -1.72. The average Bonchev–Trinajstić information content (AvgIpc) is 2.37. The van der Waals surface area contributed by atoms with Crippen LogP contribution in [0.3, 0.4) is 0 Å². The second-order valence-corrected chi connectivity index (χ2v) is 6.41. The fraction of sp³-hybridized carbons (Fsp3) is 0.143. The van der Waals surface area contributed by atoms with Crippen LogP contribution in [0.2, 0.25) is 5.02 Å². The highest BCUT2D eigenvalue weighted by atomic mass is 35.5. The van der Waals surface area contributed by atoms with Crippen LogP contribution in [-0.4, -0.2) is 8.42 Å². The van der Waals surface area contributed by atoms with E-state index in [1.807, 2.05) is 13.0 Å². The molecular formula is C14H15ClN2O2S. The Balaban J connectivity index is 2.35. The van der Waals surface area contributed by atoms with E-state index >= 15 is 0 Å². The van der Waals surface area contributed by atoms with Gasteiger partial charge in [-0.1, -0.05) is 30.7 Å². The average molecular weight is 311 g/mol. The van der Waals surface area contributed by atoms with E-state index in [1.54, 1.807) is 18.2 Å². The Morgan fingerprint density at radius 3 is 2.60 bits per heavy atom. The van der Waals surface area contributed by atoms with E-state index in [9.17, 15) is 8.42 Å². The number of nitrogen functional groups attached to an aromatic ring is 1. The highest BCUT2D eigenvalue weighted by molar-refractivity contribution is 7.92. The summed E-state index contributed by atoms with van der Waals surface area (Å²) in [4.78, 5) is 0.00951. The number of hydrogen-bond donors (Lipinski definition) is 2. The second kappa shape index (κ2) is 5.73. The predicted molar refractivity (Wildman–Crippen MR) is 82.5 cm³/mol. The minimum atomic E-state index is -3.72. The van der Waals surface area contributed by atoms with Crippen LogP contribution < -0.4 is 10.5 Å². The van der Waals surface area contributed by atoms with Crippen molar-refractivity contribution >= 4 is 33.0 Å². The topological polar surface area (TPSA) is 72.2 Å². The Kier molecular flexibility index (Phi) is 4.20. The van der Waals surface area contributed by atoms with Gasteiger partial charge >= 0.3 is 0 Å². The number of hydrogen-bond acceptors (Lipinski definition) is 3. The van der Waals surface area contributed by atoms with E-state index in [0.29, 0.717) is 11.4 Å². The third-order valence-electron chi connectivity index (χ3n) is 2.83. The van der Waals surface area contributed by atoms with E-state index in [1.165, 1.54) is 18.2 Å². The van der Waals surface area contributed by atoms with Crippen molar-refractivity contribution in [2.75, 3.05) is 10.5 Å². The molecule has 0 fully saturated rings. The van der Waals surface area contributed by atoms with Gasteiger partial charge in [-0.2, -0.15) is 0 Å². The summed E-state index contributed by atoms with van der Waals surface area (Å²) in [5, 5.41) is 0.101. The molecule has 0 saturated carbocycles. The van der Waals surface area contributed by atoms with E-state index in [0.717, 1.165) is 12.0 Å². The Morgan fingerprint density at radius 1 is 1.20 bits per heavy atom. The zero-order valence-electron chi connectivity index (χ0n) is 10.9. The van der Waals surface area contributed by atoms with E-state index in [4.69, 9.17) is 17.3 Å². The molecule has 0 aliphatic heterocycles. The Morgan fingerprint density at radius 2 is 1.95 bits per heavy atom. The van der Waals surface area contributed by atoms with Gasteiger partial charge in [0.25, 0.3) is 10.0 Å². The van der Waals surface area contributed by atoms with Crippen molar-refractivity contribution in [3.63, 3.8) is 0 Å². The molecule has 20 heavy (non-hydrogen) atoms. The number of aryl methyl sites for hydroxylation is 1. The molecule has 0 aliphatic rings. The molecule has 2 aromatic carbocycles. The molecule has 0 radical (unpaired) electrons. The number of sulfonamides is 1. The van der Waals surface area contributed by atoms with E-state index in [-0.39, 0.29) is 9.92 Å². The molecule has 0 saturated heterocycles. The zero-order chi connectivity index (χ0) is 14.8. The maximum absolute atomic E-state index is 12.3. The van der Waals surface area contributed by atoms with Crippen LogP contribution in [0.4, 0.5) is 11.4 Å². The number of rotatable bonds is 4. The van der Waals surface area contributed by atoms with Crippen LogP contribution in [0.25, 0.3) is 0 Å².